The summed E-state index contributed by atoms with van der Waals surface area (Å²) in [5, 5.41) is 3.37. The molecule has 2 aromatic rings. The molecule has 0 saturated heterocycles. The zero-order valence-electron chi connectivity index (χ0n) is 10.9. The van der Waals surface area contributed by atoms with Crippen LogP contribution in [0.25, 0.3) is 0 Å². The third kappa shape index (κ3) is 2.98. The molecule has 1 aliphatic carbocycles. The molecule has 94 valence electrons. The Morgan fingerprint density at radius 1 is 0.947 bits per heavy atom. The Morgan fingerprint density at radius 3 is 2.68 bits per heavy atom. The van der Waals surface area contributed by atoms with Gasteiger partial charge in [-0.15, -0.1) is 0 Å². The minimum atomic E-state index is 0.688. The monoisotopic (exact) mass is 247 g/mol. The Morgan fingerprint density at radius 2 is 1.79 bits per heavy atom. The van der Waals surface area contributed by atoms with E-state index in [1.807, 2.05) is 30.3 Å². The normalized spacial score (nSPS) is 12.4. The maximum Gasteiger partial charge on any atom is 0.0769 e. The summed E-state index contributed by atoms with van der Waals surface area (Å²) >= 11 is 0. The largest absolute Gasteiger partial charge is 0.374 e. The number of rotatable bonds is 2. The van der Waals surface area contributed by atoms with Gasteiger partial charge >= 0.3 is 0 Å². The lowest BCUT2D eigenvalue weighted by Gasteiger charge is -2.05. The number of fused-ring (bicyclic) bond motifs is 1. The van der Waals surface area contributed by atoms with Gasteiger partial charge in [0, 0.05) is 11.3 Å². The van der Waals surface area contributed by atoms with Crippen molar-refractivity contribution in [2.75, 3.05) is 11.9 Å². The lowest BCUT2D eigenvalue weighted by Crippen LogP contribution is -1.99. The number of nitrogens with one attached hydrogen (secondary N) is 1. The predicted molar refractivity (Wildman–Crippen MR) is 80.3 cm³/mol. The van der Waals surface area contributed by atoms with Crippen LogP contribution in [-0.2, 0) is 12.8 Å². The van der Waals surface area contributed by atoms with Crippen LogP contribution in [0.4, 0.5) is 5.69 Å². The number of hydrogen-bond donors (Lipinski definition) is 1. The van der Waals surface area contributed by atoms with E-state index in [1.54, 1.807) is 0 Å². The van der Waals surface area contributed by atoms with E-state index in [1.165, 1.54) is 36.1 Å². The van der Waals surface area contributed by atoms with Crippen LogP contribution < -0.4 is 5.32 Å². The van der Waals surface area contributed by atoms with Crippen LogP contribution in [0, 0.1) is 11.8 Å². The lowest BCUT2D eigenvalue weighted by molar-refractivity contribution is 0.912. The number of benzene rings is 2. The summed E-state index contributed by atoms with van der Waals surface area (Å²) < 4.78 is 0. The van der Waals surface area contributed by atoms with Crippen molar-refractivity contribution < 1.29 is 0 Å². The molecular weight excluding hydrogens is 230 g/mol. The van der Waals surface area contributed by atoms with Crippen molar-refractivity contribution in [3.63, 3.8) is 0 Å². The average molecular weight is 247 g/mol. The van der Waals surface area contributed by atoms with Gasteiger partial charge < -0.3 is 5.32 Å². The van der Waals surface area contributed by atoms with Crippen LogP contribution in [0.2, 0.25) is 0 Å². The number of aryl methyl sites for hydroxylation is 2. The van der Waals surface area contributed by atoms with Crippen LogP contribution in [0.15, 0.2) is 48.5 Å². The molecule has 0 fully saturated rings. The zero-order chi connectivity index (χ0) is 12.9. The van der Waals surface area contributed by atoms with Crippen molar-refractivity contribution >= 4 is 5.69 Å². The van der Waals surface area contributed by atoms with Gasteiger partial charge in [0.15, 0.2) is 0 Å². The fourth-order valence-corrected chi connectivity index (χ4v) is 2.50. The Hall–Kier alpha value is -2.20. The van der Waals surface area contributed by atoms with E-state index in [0.717, 1.165) is 5.56 Å². The minimum absolute atomic E-state index is 0.688. The molecule has 0 aliphatic heterocycles. The fraction of sp³-hybridized carbons (Fsp3) is 0.222. The molecule has 1 N–H and O–H groups in total. The maximum absolute atomic E-state index is 3.37. The minimum Gasteiger partial charge on any atom is -0.374 e. The van der Waals surface area contributed by atoms with Gasteiger partial charge in [-0.3, -0.25) is 0 Å². The van der Waals surface area contributed by atoms with Crippen molar-refractivity contribution in [1.82, 2.24) is 0 Å². The van der Waals surface area contributed by atoms with Crippen molar-refractivity contribution in [2.45, 2.75) is 19.3 Å². The molecule has 0 spiro atoms. The highest BCUT2D eigenvalue weighted by atomic mass is 14.8. The van der Waals surface area contributed by atoms with Crippen LogP contribution in [0.3, 0.4) is 0 Å². The first-order valence-corrected chi connectivity index (χ1v) is 6.81. The van der Waals surface area contributed by atoms with Gasteiger partial charge in [0.05, 0.1) is 6.54 Å². The van der Waals surface area contributed by atoms with E-state index < -0.39 is 0 Å². The second kappa shape index (κ2) is 5.63. The highest BCUT2D eigenvalue weighted by Crippen LogP contribution is 2.24. The zero-order valence-corrected chi connectivity index (χ0v) is 10.9. The molecule has 0 amide bonds. The van der Waals surface area contributed by atoms with Crippen LogP contribution in [0.1, 0.15) is 23.1 Å². The van der Waals surface area contributed by atoms with Gasteiger partial charge in [0.1, 0.15) is 0 Å². The lowest BCUT2D eigenvalue weighted by atomic mass is 10.1. The Kier molecular flexibility index (Phi) is 3.51. The van der Waals surface area contributed by atoms with E-state index in [-0.39, 0.29) is 0 Å². The molecule has 1 nitrogen and oxygen atoms in total. The first-order valence-electron chi connectivity index (χ1n) is 6.81. The number of anilines is 1. The summed E-state index contributed by atoms with van der Waals surface area (Å²) in [6, 6.07) is 16.8. The topological polar surface area (TPSA) is 12.0 Å². The maximum atomic E-state index is 3.37. The fourth-order valence-electron chi connectivity index (χ4n) is 2.50. The molecule has 19 heavy (non-hydrogen) atoms. The van der Waals surface area contributed by atoms with Gasteiger partial charge in [-0.05, 0) is 54.7 Å². The highest BCUT2D eigenvalue weighted by Gasteiger charge is 2.10. The van der Waals surface area contributed by atoms with Crippen molar-refractivity contribution in [1.29, 1.82) is 0 Å². The van der Waals surface area contributed by atoms with E-state index in [2.05, 4.69) is 35.4 Å². The molecule has 0 radical (unpaired) electrons. The molecule has 0 heterocycles. The van der Waals surface area contributed by atoms with E-state index >= 15 is 0 Å². The first kappa shape index (κ1) is 11.9. The molecule has 0 aromatic heterocycles. The summed E-state index contributed by atoms with van der Waals surface area (Å²) in [5.41, 5.74) is 5.27. The van der Waals surface area contributed by atoms with E-state index in [9.17, 15) is 0 Å². The van der Waals surface area contributed by atoms with Gasteiger partial charge in [-0.2, -0.15) is 0 Å². The summed E-state index contributed by atoms with van der Waals surface area (Å²) in [6.45, 7) is 0.688. The number of hydrogen-bond acceptors (Lipinski definition) is 1. The van der Waals surface area contributed by atoms with Crippen molar-refractivity contribution in [3.8, 4) is 11.8 Å². The summed E-state index contributed by atoms with van der Waals surface area (Å²) in [5.74, 6) is 6.31. The van der Waals surface area contributed by atoms with Gasteiger partial charge in [0.25, 0.3) is 0 Å². The third-order valence-electron chi connectivity index (χ3n) is 3.49. The average Bonchev–Trinajstić information content (AvgIpc) is 2.92. The van der Waals surface area contributed by atoms with Crippen molar-refractivity contribution in [2.24, 2.45) is 0 Å². The van der Waals surface area contributed by atoms with E-state index in [0.29, 0.717) is 6.54 Å². The van der Waals surface area contributed by atoms with Gasteiger partial charge in [-0.25, -0.2) is 0 Å². The van der Waals surface area contributed by atoms with Crippen molar-refractivity contribution in [3.05, 3.63) is 65.2 Å². The Labute approximate surface area is 114 Å². The quantitative estimate of drug-likeness (QED) is 0.799. The van der Waals surface area contributed by atoms with Gasteiger partial charge in [-0.1, -0.05) is 36.1 Å². The second-order valence-electron chi connectivity index (χ2n) is 4.86. The molecule has 0 bridgehead atoms. The molecule has 0 atom stereocenters. The predicted octanol–water partition coefficient (Wildman–Crippen LogP) is 3.64. The molecule has 1 heteroatoms. The SMILES string of the molecule is C(#Cc1ccccc1)CNc1ccc2c(c1)CCC2. The smallest absolute Gasteiger partial charge is 0.0769 e. The van der Waals surface area contributed by atoms with Crippen LogP contribution in [0.5, 0.6) is 0 Å². The van der Waals surface area contributed by atoms with Crippen LogP contribution in [-0.4, -0.2) is 6.54 Å². The Balaban J connectivity index is 1.60. The molecule has 3 rings (SSSR count). The van der Waals surface area contributed by atoms with Gasteiger partial charge in [0.2, 0.25) is 0 Å². The third-order valence-corrected chi connectivity index (χ3v) is 3.49. The van der Waals surface area contributed by atoms with Crippen LogP contribution >= 0.6 is 0 Å². The molecule has 1 aliphatic rings. The molecule has 2 aromatic carbocycles. The standard InChI is InChI=1S/C18H17N/c1-2-6-15(7-3-1)8-5-13-19-18-12-11-16-9-4-10-17(16)14-18/h1-3,6-7,11-12,14,19H,4,9-10,13H2. The Bertz CT molecular complexity index is 617. The molecular formula is C18H17N. The summed E-state index contributed by atoms with van der Waals surface area (Å²) in [6.07, 6.45) is 3.76. The first-order chi connectivity index (χ1) is 9.42. The summed E-state index contributed by atoms with van der Waals surface area (Å²) in [4.78, 5) is 0. The molecule has 0 unspecified atom stereocenters. The second-order valence-corrected chi connectivity index (χ2v) is 4.86. The summed E-state index contributed by atoms with van der Waals surface area (Å²) in [7, 11) is 0. The van der Waals surface area contributed by atoms with E-state index in [4.69, 9.17) is 0 Å². The molecule has 0 saturated carbocycles. The highest BCUT2D eigenvalue weighted by molar-refractivity contribution is 5.51.